The molecule has 1 amide bonds. The van der Waals surface area contributed by atoms with Gasteiger partial charge < -0.3 is 14.6 Å². The SMILES string of the molecule is CCCCCCCCOc1cc2c(cc1NC(C)=O)s/c(=N/S(=O)(=O)c1ccc(C)cc1)n2Cc1ccc(C)cc1. The van der Waals surface area contributed by atoms with Crippen LogP contribution in [0, 0.1) is 13.8 Å². The van der Waals surface area contributed by atoms with E-state index < -0.39 is 10.0 Å². The number of hydrogen-bond donors (Lipinski definition) is 1. The largest absolute Gasteiger partial charge is 0.491 e. The number of unbranched alkanes of at least 4 members (excludes halogenated alkanes) is 5. The number of carbonyl (C=O) groups is 1. The Hall–Kier alpha value is -3.43. The van der Waals surface area contributed by atoms with E-state index in [0.717, 1.165) is 39.7 Å². The van der Waals surface area contributed by atoms with E-state index in [4.69, 9.17) is 4.74 Å². The molecule has 7 nitrogen and oxygen atoms in total. The van der Waals surface area contributed by atoms with E-state index in [1.165, 1.54) is 43.9 Å². The molecule has 0 atom stereocenters. The Balaban J connectivity index is 1.78. The summed E-state index contributed by atoms with van der Waals surface area (Å²) in [5.41, 5.74) is 4.49. The molecule has 0 aliphatic heterocycles. The summed E-state index contributed by atoms with van der Waals surface area (Å²) < 4.78 is 39.9. The molecule has 218 valence electrons. The van der Waals surface area contributed by atoms with Crippen LogP contribution in [0.3, 0.4) is 0 Å². The smallest absolute Gasteiger partial charge is 0.285 e. The maximum absolute atomic E-state index is 13.3. The van der Waals surface area contributed by atoms with Gasteiger partial charge in [0.1, 0.15) is 5.75 Å². The first-order chi connectivity index (χ1) is 19.7. The van der Waals surface area contributed by atoms with Gasteiger partial charge in [-0.3, -0.25) is 4.79 Å². The molecule has 0 fully saturated rings. The lowest BCUT2D eigenvalue weighted by Crippen LogP contribution is -2.18. The number of aromatic nitrogens is 1. The maximum Gasteiger partial charge on any atom is 0.285 e. The van der Waals surface area contributed by atoms with Crippen molar-refractivity contribution in [1.82, 2.24) is 4.57 Å². The lowest BCUT2D eigenvalue weighted by Gasteiger charge is -2.13. The summed E-state index contributed by atoms with van der Waals surface area (Å²) in [6.45, 7) is 8.57. The normalized spacial score (nSPS) is 12.1. The van der Waals surface area contributed by atoms with Gasteiger partial charge in [-0.25, -0.2) is 0 Å². The lowest BCUT2D eigenvalue weighted by atomic mass is 10.1. The Morgan fingerprint density at radius 3 is 2.22 bits per heavy atom. The fourth-order valence-corrected chi connectivity index (χ4v) is 6.79. The predicted molar refractivity (Wildman–Crippen MR) is 167 cm³/mol. The molecule has 0 spiro atoms. The summed E-state index contributed by atoms with van der Waals surface area (Å²) in [6, 6.07) is 18.6. The minimum Gasteiger partial charge on any atom is -0.491 e. The van der Waals surface area contributed by atoms with Crippen LogP contribution in [-0.2, 0) is 21.4 Å². The summed E-state index contributed by atoms with van der Waals surface area (Å²) in [4.78, 5) is 12.5. The molecule has 1 heterocycles. The second-order valence-electron chi connectivity index (χ2n) is 10.4. The van der Waals surface area contributed by atoms with Gasteiger partial charge >= 0.3 is 0 Å². The van der Waals surface area contributed by atoms with Gasteiger partial charge in [-0.1, -0.05) is 97.9 Å². The number of fused-ring (bicyclic) bond motifs is 1. The summed E-state index contributed by atoms with van der Waals surface area (Å²) in [5, 5.41) is 2.88. The summed E-state index contributed by atoms with van der Waals surface area (Å²) in [5.74, 6) is 0.356. The quantitative estimate of drug-likeness (QED) is 0.164. The number of sulfonamides is 1. The highest BCUT2D eigenvalue weighted by molar-refractivity contribution is 7.90. The van der Waals surface area contributed by atoms with Crippen LogP contribution in [0.2, 0.25) is 0 Å². The van der Waals surface area contributed by atoms with Crippen molar-refractivity contribution in [3.05, 3.63) is 82.2 Å². The fourth-order valence-electron chi connectivity index (χ4n) is 4.53. The van der Waals surface area contributed by atoms with Crippen molar-refractivity contribution in [3.63, 3.8) is 0 Å². The van der Waals surface area contributed by atoms with Gasteiger partial charge in [0.25, 0.3) is 10.0 Å². The highest BCUT2D eigenvalue weighted by Crippen LogP contribution is 2.33. The van der Waals surface area contributed by atoms with Crippen molar-refractivity contribution in [2.75, 3.05) is 11.9 Å². The van der Waals surface area contributed by atoms with Crippen molar-refractivity contribution < 1.29 is 17.9 Å². The maximum atomic E-state index is 13.3. The fraction of sp³-hybridized carbons (Fsp3) is 0.375. The average Bonchev–Trinajstić information content (AvgIpc) is 3.24. The molecule has 9 heteroatoms. The number of thiazole rings is 1. The van der Waals surface area contributed by atoms with E-state index >= 15 is 0 Å². The van der Waals surface area contributed by atoms with Gasteiger partial charge in [0, 0.05) is 13.0 Å². The van der Waals surface area contributed by atoms with Gasteiger partial charge in [0.15, 0.2) is 0 Å². The number of benzene rings is 3. The zero-order chi connectivity index (χ0) is 29.4. The van der Waals surface area contributed by atoms with Crippen molar-refractivity contribution in [2.24, 2.45) is 4.40 Å². The van der Waals surface area contributed by atoms with E-state index in [1.807, 2.05) is 54.8 Å². The first kappa shape index (κ1) is 30.5. The van der Waals surface area contributed by atoms with Crippen LogP contribution in [0.5, 0.6) is 5.75 Å². The van der Waals surface area contributed by atoms with Crippen molar-refractivity contribution in [1.29, 1.82) is 0 Å². The molecule has 4 rings (SSSR count). The third kappa shape index (κ3) is 8.30. The molecule has 1 N–H and O–H groups in total. The minimum atomic E-state index is -3.95. The molecule has 0 radical (unpaired) electrons. The van der Waals surface area contributed by atoms with Crippen LogP contribution in [0.1, 0.15) is 69.1 Å². The molecular formula is C32H39N3O4S2. The van der Waals surface area contributed by atoms with Crippen molar-refractivity contribution in [3.8, 4) is 5.75 Å². The highest BCUT2D eigenvalue weighted by Gasteiger charge is 2.18. The molecule has 0 aliphatic carbocycles. The van der Waals surface area contributed by atoms with Gasteiger partial charge in [-0.15, -0.1) is 4.40 Å². The first-order valence-electron chi connectivity index (χ1n) is 14.2. The van der Waals surface area contributed by atoms with E-state index in [2.05, 4.69) is 16.6 Å². The summed E-state index contributed by atoms with van der Waals surface area (Å²) in [7, 11) is -3.95. The number of nitrogens with zero attached hydrogens (tertiary/aromatic N) is 2. The summed E-state index contributed by atoms with van der Waals surface area (Å²) in [6.07, 6.45) is 6.87. The number of nitrogens with one attached hydrogen (secondary N) is 1. The topological polar surface area (TPSA) is 89.8 Å². The molecule has 0 unspecified atom stereocenters. The molecule has 0 bridgehead atoms. The molecule has 0 saturated heterocycles. The van der Waals surface area contributed by atoms with Gasteiger partial charge in [-0.05, 0) is 44.0 Å². The molecule has 0 saturated carbocycles. The second-order valence-corrected chi connectivity index (χ2v) is 13.1. The number of ether oxygens (including phenoxy) is 1. The van der Waals surface area contributed by atoms with Crippen LogP contribution in [0.4, 0.5) is 5.69 Å². The Morgan fingerprint density at radius 1 is 0.927 bits per heavy atom. The van der Waals surface area contributed by atoms with Gasteiger partial charge in [0.2, 0.25) is 10.7 Å². The van der Waals surface area contributed by atoms with Crippen molar-refractivity contribution in [2.45, 2.75) is 77.7 Å². The van der Waals surface area contributed by atoms with Crippen LogP contribution >= 0.6 is 11.3 Å². The Kier molecular flexibility index (Phi) is 10.4. The zero-order valence-corrected chi connectivity index (χ0v) is 25.9. The van der Waals surface area contributed by atoms with E-state index in [1.54, 1.807) is 24.3 Å². The number of carbonyl (C=O) groups excluding carboxylic acids is 1. The molecule has 3 aromatic carbocycles. The Morgan fingerprint density at radius 2 is 1.56 bits per heavy atom. The number of amides is 1. The van der Waals surface area contributed by atoms with Gasteiger partial charge in [-0.2, -0.15) is 8.42 Å². The third-order valence-electron chi connectivity index (χ3n) is 6.83. The molecule has 4 aromatic rings. The predicted octanol–water partition coefficient (Wildman–Crippen LogP) is 7.36. The minimum absolute atomic E-state index is 0.143. The van der Waals surface area contributed by atoms with Crippen LogP contribution in [0.25, 0.3) is 10.2 Å². The Bertz CT molecular complexity index is 1650. The number of anilines is 1. The van der Waals surface area contributed by atoms with Crippen LogP contribution in [-0.4, -0.2) is 25.5 Å². The van der Waals surface area contributed by atoms with E-state index in [0.29, 0.717) is 29.4 Å². The number of hydrogen-bond acceptors (Lipinski definition) is 5. The first-order valence-corrected chi connectivity index (χ1v) is 16.4. The van der Waals surface area contributed by atoms with E-state index in [-0.39, 0.29) is 10.8 Å². The van der Waals surface area contributed by atoms with Crippen LogP contribution in [0.15, 0.2) is 70.0 Å². The number of rotatable bonds is 13. The highest BCUT2D eigenvalue weighted by atomic mass is 32.2. The molecule has 1 aromatic heterocycles. The molecule has 41 heavy (non-hydrogen) atoms. The summed E-state index contributed by atoms with van der Waals surface area (Å²) >= 11 is 1.27. The standard InChI is InChI=1S/C32H39N3O4S2/c1-5-6-7-8-9-10-19-39-30-21-29-31(20-28(30)33-25(4)36)40-32(35(29)22-26-15-11-23(2)12-16-26)34-41(37,38)27-17-13-24(3)14-18-27/h11-18,20-21H,5-10,19,22H2,1-4H3,(H,33,36)/b34-32+. The molecular weight excluding hydrogens is 555 g/mol. The molecule has 0 aliphatic rings. The zero-order valence-electron chi connectivity index (χ0n) is 24.3. The monoisotopic (exact) mass is 593 g/mol. The lowest BCUT2D eigenvalue weighted by molar-refractivity contribution is -0.114. The van der Waals surface area contributed by atoms with E-state index in [9.17, 15) is 13.2 Å². The van der Waals surface area contributed by atoms with Crippen molar-refractivity contribution >= 4 is 43.2 Å². The van der Waals surface area contributed by atoms with Crippen LogP contribution < -0.4 is 14.9 Å². The Labute approximate surface area is 247 Å². The number of aryl methyl sites for hydroxylation is 2. The van der Waals surface area contributed by atoms with Gasteiger partial charge in [0.05, 0.1) is 34.0 Å². The third-order valence-corrected chi connectivity index (χ3v) is 9.27. The average molecular weight is 594 g/mol. The second kappa shape index (κ2) is 14.0.